The lowest BCUT2D eigenvalue weighted by Gasteiger charge is -2.21. The van der Waals surface area contributed by atoms with Gasteiger partial charge in [0.15, 0.2) is 12.2 Å². The van der Waals surface area contributed by atoms with Crippen molar-refractivity contribution in [2.24, 2.45) is 11.8 Å². The first kappa shape index (κ1) is 83.1. The monoisotopic (exact) mass is 1250 g/mol. The molecule has 17 nitrogen and oxygen atoms in total. The van der Waals surface area contributed by atoms with Gasteiger partial charge in [-0.2, -0.15) is 0 Å². The Kier molecular flexibility index (Phi) is 57.1. The smallest absolute Gasteiger partial charge is 0.462 e. The standard InChI is InChI=1S/C66H128O17P2/c1-7-9-11-13-15-17-20-25-29-36-42-48-63(68)76-54-61(82-66(71)51-45-39-31-27-23-19-22-24-28-34-40-46-58(3)4)56-80-84(72,73)78-52-60(67)53-79-85(74,75)81-57-62(55-77-64(69)49-43-37-33-32-35-41-47-59(5)6)83-65(70)50-44-38-30-26-21-18-16-14-12-10-8-2/h58-62,67H,7-57H2,1-6H3,(H,72,73)(H,74,75)/t60-,61-,62-/m1/s1. The molecule has 3 N–H and O–H groups in total. The zero-order valence-electron chi connectivity index (χ0n) is 54.9. The molecule has 85 heavy (non-hydrogen) atoms. The second-order valence-electron chi connectivity index (χ2n) is 24.8. The molecule has 0 radical (unpaired) electrons. The van der Waals surface area contributed by atoms with Crippen LogP contribution in [0.3, 0.4) is 0 Å². The largest absolute Gasteiger partial charge is 0.472 e. The Labute approximate surface area is 517 Å². The predicted octanol–water partition coefficient (Wildman–Crippen LogP) is 18.4. The molecule has 0 saturated heterocycles. The third-order valence-electron chi connectivity index (χ3n) is 15.2. The van der Waals surface area contributed by atoms with Crippen molar-refractivity contribution >= 4 is 39.5 Å². The Morgan fingerprint density at radius 1 is 0.318 bits per heavy atom. The summed E-state index contributed by atoms with van der Waals surface area (Å²) in [4.78, 5) is 72.3. The van der Waals surface area contributed by atoms with Gasteiger partial charge in [-0.1, -0.05) is 279 Å². The van der Waals surface area contributed by atoms with E-state index < -0.39 is 97.5 Å². The maximum atomic E-state index is 13.0. The third kappa shape index (κ3) is 60.7. The van der Waals surface area contributed by atoms with Crippen LogP contribution in [0.15, 0.2) is 0 Å². The van der Waals surface area contributed by atoms with Crippen LogP contribution in [0.2, 0.25) is 0 Å². The minimum absolute atomic E-state index is 0.106. The van der Waals surface area contributed by atoms with Crippen LogP contribution in [0.25, 0.3) is 0 Å². The van der Waals surface area contributed by atoms with Gasteiger partial charge in [-0.05, 0) is 37.5 Å². The van der Waals surface area contributed by atoms with Gasteiger partial charge >= 0.3 is 39.5 Å². The molecule has 0 rings (SSSR count). The molecular weight excluding hydrogens is 1130 g/mol. The van der Waals surface area contributed by atoms with E-state index in [9.17, 15) is 43.2 Å². The van der Waals surface area contributed by atoms with Crippen molar-refractivity contribution in [3.8, 4) is 0 Å². The Morgan fingerprint density at radius 3 is 0.800 bits per heavy atom. The summed E-state index contributed by atoms with van der Waals surface area (Å²) in [5, 5.41) is 10.5. The number of phosphoric acid groups is 2. The molecule has 0 aromatic carbocycles. The SMILES string of the molecule is CCCCCCCCCCCCCC(=O)OC[C@H](COP(=O)(O)OC[C@@H](O)COP(=O)(O)OC[C@@H](COC(=O)CCCCCCCCC(C)C)OC(=O)CCCCCCCCCCCCC)OC(=O)CCCCCCCCCCCCCC(C)C. The molecule has 0 aromatic rings. The van der Waals surface area contributed by atoms with E-state index in [0.29, 0.717) is 31.6 Å². The Morgan fingerprint density at radius 2 is 0.541 bits per heavy atom. The molecule has 0 spiro atoms. The van der Waals surface area contributed by atoms with E-state index in [0.717, 1.165) is 102 Å². The summed E-state index contributed by atoms with van der Waals surface area (Å²) < 4.78 is 68.1. The fraction of sp³-hybridized carbons (Fsp3) is 0.939. The van der Waals surface area contributed by atoms with Crippen molar-refractivity contribution in [2.45, 2.75) is 349 Å². The van der Waals surface area contributed by atoms with E-state index in [2.05, 4.69) is 41.5 Å². The van der Waals surface area contributed by atoms with Gasteiger partial charge in [-0.25, -0.2) is 9.13 Å². The molecule has 0 fully saturated rings. The fourth-order valence-electron chi connectivity index (χ4n) is 9.88. The van der Waals surface area contributed by atoms with Crippen LogP contribution in [0, 0.1) is 11.8 Å². The van der Waals surface area contributed by atoms with E-state index in [1.54, 1.807) is 0 Å². The predicted molar refractivity (Wildman–Crippen MR) is 340 cm³/mol. The van der Waals surface area contributed by atoms with Gasteiger partial charge in [0.25, 0.3) is 0 Å². The number of ether oxygens (including phenoxy) is 4. The summed E-state index contributed by atoms with van der Waals surface area (Å²) in [7, 11) is -9.89. The number of hydrogen-bond donors (Lipinski definition) is 3. The number of hydrogen-bond acceptors (Lipinski definition) is 15. The van der Waals surface area contributed by atoms with Gasteiger partial charge in [0.05, 0.1) is 26.4 Å². The number of aliphatic hydroxyl groups is 1. The molecule has 0 aliphatic carbocycles. The first-order valence-electron chi connectivity index (χ1n) is 34.5. The zero-order chi connectivity index (χ0) is 62.9. The fourth-order valence-corrected chi connectivity index (χ4v) is 11.5. The second kappa shape index (κ2) is 58.4. The van der Waals surface area contributed by atoms with E-state index >= 15 is 0 Å². The van der Waals surface area contributed by atoms with Gasteiger partial charge in [0, 0.05) is 25.7 Å². The maximum Gasteiger partial charge on any atom is 0.472 e. The van der Waals surface area contributed by atoms with Crippen LogP contribution < -0.4 is 0 Å². The van der Waals surface area contributed by atoms with Gasteiger partial charge in [-0.15, -0.1) is 0 Å². The average Bonchev–Trinajstić information content (AvgIpc) is 3.53. The molecule has 0 saturated carbocycles. The molecule has 0 amide bonds. The average molecular weight is 1260 g/mol. The molecule has 0 aliphatic heterocycles. The number of esters is 4. The van der Waals surface area contributed by atoms with E-state index in [4.69, 9.17) is 37.0 Å². The second-order valence-corrected chi connectivity index (χ2v) is 27.7. The highest BCUT2D eigenvalue weighted by Crippen LogP contribution is 2.45. The molecule has 0 aliphatic rings. The molecule has 2 unspecified atom stereocenters. The highest BCUT2D eigenvalue weighted by molar-refractivity contribution is 7.47. The molecular formula is C66H128O17P2. The topological polar surface area (TPSA) is 237 Å². The number of phosphoric ester groups is 2. The number of carbonyl (C=O) groups is 4. The summed E-state index contributed by atoms with van der Waals surface area (Å²) in [5.74, 6) is -0.686. The molecule has 19 heteroatoms. The lowest BCUT2D eigenvalue weighted by molar-refractivity contribution is -0.161. The van der Waals surface area contributed by atoms with E-state index in [-0.39, 0.29) is 25.7 Å². The van der Waals surface area contributed by atoms with Crippen molar-refractivity contribution in [2.75, 3.05) is 39.6 Å². The quantitative estimate of drug-likeness (QED) is 0.0222. The number of aliphatic hydroxyl groups excluding tert-OH is 1. The number of unbranched alkanes of at least 4 members (excludes halogenated alkanes) is 35. The lowest BCUT2D eigenvalue weighted by atomic mass is 10.0. The van der Waals surface area contributed by atoms with Crippen molar-refractivity contribution in [3.05, 3.63) is 0 Å². The number of carbonyl (C=O) groups excluding carboxylic acids is 4. The van der Waals surface area contributed by atoms with Crippen molar-refractivity contribution in [1.29, 1.82) is 0 Å². The summed E-state index contributed by atoms with van der Waals surface area (Å²) in [6, 6.07) is 0. The number of rotatable bonds is 65. The maximum absolute atomic E-state index is 13.0. The van der Waals surface area contributed by atoms with Crippen LogP contribution in [0.1, 0.15) is 330 Å². The minimum atomic E-state index is -4.95. The van der Waals surface area contributed by atoms with Crippen molar-refractivity contribution in [1.82, 2.24) is 0 Å². The summed E-state index contributed by atoms with van der Waals surface area (Å²) >= 11 is 0. The van der Waals surface area contributed by atoms with Crippen LogP contribution in [0.5, 0.6) is 0 Å². The van der Waals surface area contributed by atoms with Crippen LogP contribution in [0.4, 0.5) is 0 Å². The Balaban J connectivity index is 5.24. The third-order valence-corrected chi connectivity index (χ3v) is 17.1. The van der Waals surface area contributed by atoms with Crippen LogP contribution in [-0.4, -0.2) is 96.7 Å². The van der Waals surface area contributed by atoms with Crippen molar-refractivity contribution in [3.63, 3.8) is 0 Å². The van der Waals surface area contributed by atoms with Crippen LogP contribution >= 0.6 is 15.6 Å². The highest BCUT2D eigenvalue weighted by atomic mass is 31.2. The molecule has 504 valence electrons. The first-order chi connectivity index (χ1) is 40.9. The van der Waals surface area contributed by atoms with Crippen molar-refractivity contribution < 1.29 is 80.2 Å². The summed E-state index contributed by atoms with van der Waals surface area (Å²) in [6.07, 6.45) is 41.7. The molecule has 0 aromatic heterocycles. The Hall–Kier alpha value is -1.94. The van der Waals surface area contributed by atoms with E-state index in [1.165, 1.54) is 141 Å². The van der Waals surface area contributed by atoms with Gasteiger partial charge in [0.1, 0.15) is 19.3 Å². The van der Waals surface area contributed by atoms with Crippen LogP contribution in [-0.2, 0) is 65.4 Å². The van der Waals surface area contributed by atoms with E-state index in [1.807, 2.05) is 0 Å². The Bertz CT molecular complexity index is 1670. The van der Waals surface area contributed by atoms with Gasteiger partial charge < -0.3 is 33.8 Å². The highest BCUT2D eigenvalue weighted by Gasteiger charge is 2.30. The molecule has 5 atom stereocenters. The van der Waals surface area contributed by atoms with Gasteiger partial charge in [0.2, 0.25) is 0 Å². The molecule has 0 heterocycles. The normalized spacial score (nSPS) is 14.2. The minimum Gasteiger partial charge on any atom is -0.462 e. The first-order valence-corrected chi connectivity index (χ1v) is 37.5. The molecule has 0 bridgehead atoms. The van der Waals surface area contributed by atoms with Gasteiger partial charge in [-0.3, -0.25) is 37.3 Å². The zero-order valence-corrected chi connectivity index (χ0v) is 56.7. The summed E-state index contributed by atoms with van der Waals surface area (Å²) in [5.41, 5.74) is 0. The summed E-state index contributed by atoms with van der Waals surface area (Å²) in [6.45, 7) is 9.43. The lowest BCUT2D eigenvalue weighted by Crippen LogP contribution is -2.30.